The summed E-state index contributed by atoms with van der Waals surface area (Å²) in [4.78, 5) is 23.8. The summed E-state index contributed by atoms with van der Waals surface area (Å²) in [6.07, 6.45) is -0.955. The minimum Gasteiger partial charge on any atom is -0.469 e. The fraction of sp³-hybridized carbons (Fsp3) is 0.778. The first-order chi connectivity index (χ1) is 7.13. The van der Waals surface area contributed by atoms with Crippen LogP contribution in [0.1, 0.15) is 6.42 Å². The summed E-state index contributed by atoms with van der Waals surface area (Å²) in [5, 5.41) is 9.70. The number of nitrogens with zero attached hydrogens (tertiary/aromatic N) is 1. The highest BCUT2D eigenvalue weighted by molar-refractivity contribution is 5.73. The van der Waals surface area contributed by atoms with Gasteiger partial charge in [0.2, 0.25) is 0 Å². The molecule has 3 atom stereocenters. The first kappa shape index (κ1) is 10.2. The molecule has 1 amide bonds. The number of carbonyl (C=O) groups excluding carboxylic acids is 2. The minimum absolute atomic E-state index is 0.121. The zero-order chi connectivity index (χ0) is 11.0. The number of esters is 1. The van der Waals surface area contributed by atoms with Crippen molar-refractivity contribution in [1.29, 1.82) is 0 Å². The molecular weight excluding hydrogens is 202 g/mol. The highest BCUT2D eigenvalue weighted by Gasteiger charge is 2.49. The smallest absolute Gasteiger partial charge is 0.410 e. The van der Waals surface area contributed by atoms with E-state index in [9.17, 15) is 14.7 Å². The molecule has 0 bridgehead atoms. The Hall–Kier alpha value is -1.30. The van der Waals surface area contributed by atoms with Gasteiger partial charge in [0, 0.05) is 5.92 Å². The van der Waals surface area contributed by atoms with E-state index in [1.54, 1.807) is 0 Å². The lowest BCUT2D eigenvalue weighted by molar-refractivity contribution is -0.142. The van der Waals surface area contributed by atoms with E-state index in [0.29, 0.717) is 0 Å². The predicted molar refractivity (Wildman–Crippen MR) is 48.0 cm³/mol. The third-order valence-electron chi connectivity index (χ3n) is 3.01. The van der Waals surface area contributed by atoms with Crippen LogP contribution < -0.4 is 0 Å². The Labute approximate surface area is 86.8 Å². The number of hydrogen-bond acceptors (Lipinski definition) is 5. The van der Waals surface area contributed by atoms with Crippen molar-refractivity contribution in [2.45, 2.75) is 18.6 Å². The van der Waals surface area contributed by atoms with Gasteiger partial charge >= 0.3 is 12.1 Å². The van der Waals surface area contributed by atoms with Crippen LogP contribution in [0.2, 0.25) is 0 Å². The second-order valence-electron chi connectivity index (χ2n) is 3.81. The predicted octanol–water partition coefficient (Wildman–Crippen LogP) is -0.639. The van der Waals surface area contributed by atoms with Crippen LogP contribution in [0.4, 0.5) is 4.79 Å². The van der Waals surface area contributed by atoms with Gasteiger partial charge in [0.05, 0.1) is 32.2 Å². The van der Waals surface area contributed by atoms with Crippen LogP contribution in [0, 0.1) is 5.92 Å². The van der Waals surface area contributed by atoms with E-state index in [2.05, 4.69) is 4.74 Å². The lowest BCUT2D eigenvalue weighted by Crippen LogP contribution is -2.31. The summed E-state index contributed by atoms with van der Waals surface area (Å²) in [5.74, 6) is -0.649. The van der Waals surface area contributed by atoms with Crippen LogP contribution in [0.25, 0.3) is 0 Å². The maximum atomic E-state index is 11.2. The van der Waals surface area contributed by atoms with Gasteiger partial charge in [-0.3, -0.25) is 9.69 Å². The molecule has 2 fully saturated rings. The van der Waals surface area contributed by atoms with Crippen LogP contribution in [0.5, 0.6) is 0 Å². The summed E-state index contributed by atoms with van der Waals surface area (Å²) < 4.78 is 9.38. The number of rotatable bonds is 2. The number of aliphatic hydroxyl groups is 1. The number of amides is 1. The molecule has 2 aliphatic heterocycles. The molecule has 84 valence electrons. The van der Waals surface area contributed by atoms with Crippen molar-refractivity contribution in [2.24, 2.45) is 5.92 Å². The molecular formula is C9H13NO5. The molecule has 6 nitrogen and oxygen atoms in total. The van der Waals surface area contributed by atoms with Gasteiger partial charge in [0.25, 0.3) is 0 Å². The van der Waals surface area contributed by atoms with Crippen LogP contribution in [0.15, 0.2) is 0 Å². The lowest BCUT2D eigenvalue weighted by Gasteiger charge is -2.16. The lowest BCUT2D eigenvalue weighted by atomic mass is 9.95. The third kappa shape index (κ3) is 1.65. The Bertz CT molecular complexity index is 292. The van der Waals surface area contributed by atoms with Crippen molar-refractivity contribution < 1.29 is 24.2 Å². The van der Waals surface area contributed by atoms with Gasteiger partial charge in [-0.2, -0.15) is 0 Å². The van der Waals surface area contributed by atoms with Gasteiger partial charge in [0.1, 0.15) is 6.61 Å². The molecule has 0 unspecified atom stereocenters. The van der Waals surface area contributed by atoms with Gasteiger partial charge in [-0.05, 0) is 0 Å². The zero-order valence-electron chi connectivity index (χ0n) is 8.38. The highest BCUT2D eigenvalue weighted by atomic mass is 16.6. The van der Waals surface area contributed by atoms with Crippen molar-refractivity contribution in [1.82, 2.24) is 4.90 Å². The summed E-state index contributed by atoms with van der Waals surface area (Å²) >= 11 is 0. The van der Waals surface area contributed by atoms with Gasteiger partial charge in [0.15, 0.2) is 0 Å². The van der Waals surface area contributed by atoms with Gasteiger partial charge < -0.3 is 14.6 Å². The van der Waals surface area contributed by atoms with E-state index in [1.165, 1.54) is 12.0 Å². The van der Waals surface area contributed by atoms with E-state index < -0.39 is 12.2 Å². The van der Waals surface area contributed by atoms with Crippen molar-refractivity contribution in [2.75, 3.05) is 20.3 Å². The van der Waals surface area contributed by atoms with Crippen molar-refractivity contribution in [3.63, 3.8) is 0 Å². The molecule has 0 saturated carbocycles. The van der Waals surface area contributed by atoms with Crippen LogP contribution >= 0.6 is 0 Å². The first-order valence-corrected chi connectivity index (χ1v) is 4.81. The molecule has 0 aromatic heterocycles. The molecule has 6 heteroatoms. The molecule has 2 rings (SSSR count). The first-order valence-electron chi connectivity index (χ1n) is 4.81. The Kier molecular flexibility index (Phi) is 2.52. The molecule has 2 saturated heterocycles. The number of methoxy groups -OCH3 is 1. The summed E-state index contributed by atoms with van der Waals surface area (Å²) in [5.41, 5.74) is 0. The van der Waals surface area contributed by atoms with E-state index in [1.807, 2.05) is 0 Å². The monoisotopic (exact) mass is 215 g/mol. The quantitative estimate of drug-likeness (QED) is 0.620. The average Bonchev–Trinajstić information content (AvgIpc) is 2.70. The molecule has 1 N–H and O–H groups in total. The molecule has 0 aromatic rings. The zero-order valence-corrected chi connectivity index (χ0v) is 8.38. The van der Waals surface area contributed by atoms with E-state index in [4.69, 9.17) is 4.74 Å². The largest absolute Gasteiger partial charge is 0.469 e. The molecule has 2 heterocycles. The summed E-state index contributed by atoms with van der Waals surface area (Å²) in [6.45, 7) is 0.489. The number of fused-ring (bicyclic) bond motifs is 1. The van der Waals surface area contributed by atoms with Gasteiger partial charge in [-0.1, -0.05) is 0 Å². The van der Waals surface area contributed by atoms with Crippen molar-refractivity contribution in [3.8, 4) is 0 Å². The maximum absolute atomic E-state index is 11.2. The highest BCUT2D eigenvalue weighted by Crippen LogP contribution is 2.32. The number of cyclic esters (lactones) is 1. The second kappa shape index (κ2) is 3.69. The van der Waals surface area contributed by atoms with E-state index in [0.717, 1.165) is 0 Å². The van der Waals surface area contributed by atoms with Crippen molar-refractivity contribution >= 4 is 12.1 Å². The molecule has 0 aliphatic carbocycles. The van der Waals surface area contributed by atoms with Gasteiger partial charge in [-0.15, -0.1) is 0 Å². The number of carbonyl (C=O) groups is 2. The normalized spacial score (nSPS) is 33.9. The number of hydrogen-bond donors (Lipinski definition) is 1. The molecule has 0 aromatic carbocycles. The Morgan fingerprint density at radius 3 is 3.13 bits per heavy atom. The van der Waals surface area contributed by atoms with E-state index in [-0.39, 0.29) is 37.5 Å². The fourth-order valence-corrected chi connectivity index (χ4v) is 2.17. The van der Waals surface area contributed by atoms with Crippen LogP contribution in [-0.2, 0) is 14.3 Å². The molecule has 2 aliphatic rings. The fourth-order valence-electron chi connectivity index (χ4n) is 2.17. The topological polar surface area (TPSA) is 76.1 Å². The summed E-state index contributed by atoms with van der Waals surface area (Å²) in [6, 6.07) is -0.188. The number of ether oxygens (including phenoxy) is 2. The molecule has 0 radical (unpaired) electrons. The Balaban J connectivity index is 2.05. The van der Waals surface area contributed by atoms with Crippen LogP contribution in [0.3, 0.4) is 0 Å². The second-order valence-corrected chi connectivity index (χ2v) is 3.81. The number of aliphatic hydroxyl groups excluding tert-OH is 1. The third-order valence-corrected chi connectivity index (χ3v) is 3.01. The maximum Gasteiger partial charge on any atom is 0.410 e. The Morgan fingerprint density at radius 1 is 1.73 bits per heavy atom. The molecule has 0 spiro atoms. The average molecular weight is 215 g/mol. The van der Waals surface area contributed by atoms with E-state index >= 15 is 0 Å². The Morgan fingerprint density at radius 2 is 2.47 bits per heavy atom. The molecule has 15 heavy (non-hydrogen) atoms. The van der Waals surface area contributed by atoms with Crippen molar-refractivity contribution in [3.05, 3.63) is 0 Å². The minimum atomic E-state index is -0.665. The van der Waals surface area contributed by atoms with Crippen LogP contribution in [-0.4, -0.2) is 54.5 Å². The van der Waals surface area contributed by atoms with Gasteiger partial charge in [-0.25, -0.2) is 4.79 Å². The SMILES string of the molecule is COC(=O)C[C@H]1[C@H](O)CN2C(=O)OC[C@H]12. The summed E-state index contributed by atoms with van der Waals surface area (Å²) in [7, 11) is 1.30. The standard InChI is InChI=1S/C9H13NO5/c1-14-8(12)2-5-6-4-15-9(13)10(6)3-7(5)11/h5-7,11H,2-4H2,1H3/t5-,6-,7-/m1/s1.